The lowest BCUT2D eigenvalue weighted by Gasteiger charge is -2.31. The summed E-state index contributed by atoms with van der Waals surface area (Å²) in [6.07, 6.45) is 1.29. The Hall–Kier alpha value is -2.52. The molecule has 0 spiro atoms. The molecular formula is C23H27ClFN3O4S. The molecule has 2 aromatic rings. The van der Waals surface area contributed by atoms with Crippen LogP contribution in [0.1, 0.15) is 65.4 Å². The molecule has 1 aliphatic heterocycles. The lowest BCUT2D eigenvalue weighted by atomic mass is 9.97. The van der Waals surface area contributed by atoms with Gasteiger partial charge in [-0.3, -0.25) is 14.4 Å². The van der Waals surface area contributed by atoms with Gasteiger partial charge in [-0.1, -0.05) is 17.7 Å². The highest BCUT2D eigenvalue weighted by Gasteiger charge is 2.29. The van der Waals surface area contributed by atoms with Gasteiger partial charge in [-0.15, -0.1) is 11.3 Å². The van der Waals surface area contributed by atoms with Crippen molar-refractivity contribution in [3.05, 3.63) is 50.7 Å². The van der Waals surface area contributed by atoms with Crippen LogP contribution in [0.15, 0.2) is 23.6 Å². The average molecular weight is 496 g/mol. The van der Waals surface area contributed by atoms with Gasteiger partial charge in [0.25, 0.3) is 11.8 Å². The van der Waals surface area contributed by atoms with Crippen molar-refractivity contribution in [3.8, 4) is 0 Å². The zero-order chi connectivity index (χ0) is 24.3. The van der Waals surface area contributed by atoms with Crippen LogP contribution in [0.5, 0.6) is 0 Å². The Morgan fingerprint density at radius 1 is 1.27 bits per heavy atom. The predicted molar refractivity (Wildman–Crippen MR) is 124 cm³/mol. The molecular weight excluding hydrogens is 469 g/mol. The van der Waals surface area contributed by atoms with Crippen molar-refractivity contribution < 1.29 is 23.5 Å². The van der Waals surface area contributed by atoms with Crippen LogP contribution in [-0.2, 0) is 9.53 Å². The van der Waals surface area contributed by atoms with Crippen LogP contribution in [0.4, 0.5) is 4.39 Å². The second-order valence-corrected chi connectivity index (χ2v) is 10.3. The maximum absolute atomic E-state index is 14.1. The van der Waals surface area contributed by atoms with Gasteiger partial charge in [0, 0.05) is 31.4 Å². The molecule has 178 valence electrons. The van der Waals surface area contributed by atoms with Gasteiger partial charge in [0.2, 0.25) is 0 Å². The number of hydrogen-bond donors (Lipinski definition) is 0. The molecule has 0 aliphatic carbocycles. The molecule has 7 nitrogen and oxygen atoms in total. The minimum absolute atomic E-state index is 0.0906. The summed E-state index contributed by atoms with van der Waals surface area (Å²) in [5, 5.41) is 2.58. The number of ether oxygens (including phenoxy) is 1. The van der Waals surface area contributed by atoms with Crippen molar-refractivity contribution in [2.75, 3.05) is 26.7 Å². The van der Waals surface area contributed by atoms with Crippen LogP contribution in [-0.4, -0.2) is 64.9 Å². The van der Waals surface area contributed by atoms with Crippen molar-refractivity contribution in [1.82, 2.24) is 14.8 Å². The zero-order valence-corrected chi connectivity index (χ0v) is 20.6. The molecule has 0 atom stereocenters. The summed E-state index contributed by atoms with van der Waals surface area (Å²) >= 11 is 7.41. The second kappa shape index (κ2) is 10.2. The number of piperidine rings is 1. The molecule has 0 radical (unpaired) electrons. The molecule has 1 aliphatic rings. The standard InChI is InChI=1S/C23H27ClFN3O4S/c1-23(2,3)32-18(29)12-27(4)21(30)17-13-33-20(26-17)14-8-10-28(11-9-14)22(31)19-15(24)6-5-7-16(19)25/h5-7,13-14H,8-12H2,1-4H3. The minimum atomic E-state index is -0.631. The van der Waals surface area contributed by atoms with Crippen LogP contribution >= 0.6 is 22.9 Å². The fourth-order valence-corrected chi connectivity index (χ4v) is 4.81. The van der Waals surface area contributed by atoms with E-state index in [0.29, 0.717) is 25.9 Å². The van der Waals surface area contributed by atoms with Crippen molar-refractivity contribution in [2.45, 2.75) is 45.1 Å². The van der Waals surface area contributed by atoms with E-state index in [1.165, 1.54) is 41.5 Å². The first-order valence-electron chi connectivity index (χ1n) is 10.6. The first-order valence-corrected chi connectivity index (χ1v) is 11.9. The van der Waals surface area contributed by atoms with Crippen LogP contribution in [0.25, 0.3) is 0 Å². The Balaban J connectivity index is 1.58. The lowest BCUT2D eigenvalue weighted by Crippen LogP contribution is -2.38. The highest BCUT2D eigenvalue weighted by Crippen LogP contribution is 2.32. The number of amides is 2. The molecule has 1 aromatic carbocycles. The van der Waals surface area contributed by atoms with Gasteiger partial charge >= 0.3 is 5.97 Å². The number of esters is 1. The fourth-order valence-electron chi connectivity index (χ4n) is 3.60. The van der Waals surface area contributed by atoms with E-state index in [1.54, 1.807) is 31.1 Å². The zero-order valence-electron chi connectivity index (χ0n) is 19.1. The molecule has 0 N–H and O–H groups in total. The summed E-state index contributed by atoms with van der Waals surface area (Å²) < 4.78 is 19.4. The number of thiazole rings is 1. The number of likely N-dealkylation sites (N-methyl/N-ethyl adjacent to an activating group) is 1. The molecule has 33 heavy (non-hydrogen) atoms. The van der Waals surface area contributed by atoms with Crippen molar-refractivity contribution >= 4 is 40.7 Å². The normalized spacial score (nSPS) is 14.8. The third kappa shape index (κ3) is 6.29. The van der Waals surface area contributed by atoms with Gasteiger partial charge in [0.15, 0.2) is 0 Å². The minimum Gasteiger partial charge on any atom is -0.459 e. The average Bonchev–Trinajstić information content (AvgIpc) is 3.21. The Labute approximate surface area is 201 Å². The number of hydrogen-bond acceptors (Lipinski definition) is 6. The quantitative estimate of drug-likeness (QED) is 0.575. The summed E-state index contributed by atoms with van der Waals surface area (Å²) in [4.78, 5) is 44.7. The van der Waals surface area contributed by atoms with Gasteiger partial charge in [-0.2, -0.15) is 0 Å². The first kappa shape index (κ1) is 25.1. The SMILES string of the molecule is CN(CC(=O)OC(C)(C)C)C(=O)c1csc(C2CCN(C(=O)c3c(F)cccc3Cl)CC2)n1. The van der Waals surface area contributed by atoms with Crippen molar-refractivity contribution in [1.29, 1.82) is 0 Å². The molecule has 0 unspecified atom stereocenters. The number of benzene rings is 1. The maximum Gasteiger partial charge on any atom is 0.326 e. The van der Waals surface area contributed by atoms with Gasteiger partial charge in [0.1, 0.15) is 23.7 Å². The summed E-state index contributed by atoms with van der Waals surface area (Å²) in [6.45, 7) is 6.02. The van der Waals surface area contributed by atoms with E-state index in [9.17, 15) is 18.8 Å². The van der Waals surface area contributed by atoms with Crippen molar-refractivity contribution in [3.63, 3.8) is 0 Å². The number of aromatic nitrogens is 1. The molecule has 2 amide bonds. The Morgan fingerprint density at radius 2 is 1.94 bits per heavy atom. The molecule has 3 rings (SSSR count). The van der Waals surface area contributed by atoms with Crippen LogP contribution in [0, 0.1) is 5.82 Å². The van der Waals surface area contributed by atoms with Gasteiger partial charge in [-0.05, 0) is 45.7 Å². The summed E-state index contributed by atoms with van der Waals surface area (Å²) in [5.41, 5.74) is -0.451. The summed E-state index contributed by atoms with van der Waals surface area (Å²) in [5.74, 6) is -1.80. The first-order chi connectivity index (χ1) is 15.5. The lowest BCUT2D eigenvalue weighted by molar-refractivity contribution is -0.155. The highest BCUT2D eigenvalue weighted by molar-refractivity contribution is 7.09. The molecule has 2 heterocycles. The van der Waals surface area contributed by atoms with Gasteiger partial charge in [-0.25, -0.2) is 9.37 Å². The Bertz CT molecular complexity index is 1020. The molecule has 1 fully saturated rings. The molecule has 10 heteroatoms. The van der Waals surface area contributed by atoms with Gasteiger partial charge in [0.05, 0.1) is 15.6 Å². The molecule has 1 aromatic heterocycles. The highest BCUT2D eigenvalue weighted by atomic mass is 35.5. The number of halogens is 2. The van der Waals surface area contributed by atoms with Crippen LogP contribution in [0.3, 0.4) is 0 Å². The summed E-state index contributed by atoms with van der Waals surface area (Å²) in [7, 11) is 1.53. The second-order valence-electron chi connectivity index (χ2n) is 8.98. The largest absolute Gasteiger partial charge is 0.459 e. The number of carbonyl (C=O) groups is 3. The van der Waals surface area contributed by atoms with E-state index in [0.717, 1.165) is 5.01 Å². The molecule has 0 saturated carbocycles. The number of rotatable bonds is 5. The third-order valence-corrected chi connectivity index (χ3v) is 6.50. The maximum atomic E-state index is 14.1. The van der Waals surface area contributed by atoms with E-state index in [2.05, 4.69) is 4.98 Å². The molecule has 0 bridgehead atoms. The fraction of sp³-hybridized carbons (Fsp3) is 0.478. The van der Waals surface area contributed by atoms with Crippen LogP contribution < -0.4 is 0 Å². The van der Waals surface area contributed by atoms with Gasteiger partial charge < -0.3 is 14.5 Å². The monoisotopic (exact) mass is 495 g/mol. The Kier molecular flexibility index (Phi) is 7.74. The Morgan fingerprint density at radius 3 is 2.55 bits per heavy atom. The van der Waals surface area contributed by atoms with E-state index >= 15 is 0 Å². The van der Waals surface area contributed by atoms with E-state index in [-0.39, 0.29) is 34.6 Å². The molecule has 1 saturated heterocycles. The van der Waals surface area contributed by atoms with E-state index < -0.39 is 23.3 Å². The number of likely N-dealkylation sites (tertiary alicyclic amines) is 1. The topological polar surface area (TPSA) is 79.8 Å². The van der Waals surface area contributed by atoms with Crippen molar-refractivity contribution in [2.24, 2.45) is 0 Å². The number of nitrogens with zero attached hydrogens (tertiary/aromatic N) is 3. The smallest absolute Gasteiger partial charge is 0.326 e. The van der Waals surface area contributed by atoms with Crippen LogP contribution in [0.2, 0.25) is 5.02 Å². The third-order valence-electron chi connectivity index (χ3n) is 5.18. The predicted octanol–water partition coefficient (Wildman–Crippen LogP) is 4.37. The van der Waals surface area contributed by atoms with E-state index in [1.807, 2.05) is 0 Å². The summed E-state index contributed by atoms with van der Waals surface area (Å²) in [6, 6.07) is 4.19. The van der Waals surface area contributed by atoms with E-state index in [4.69, 9.17) is 16.3 Å². The number of carbonyl (C=O) groups excluding carboxylic acids is 3.